The lowest BCUT2D eigenvalue weighted by atomic mass is 9.90. The van der Waals surface area contributed by atoms with Crippen LogP contribution in [0.1, 0.15) is 18.6 Å². The summed E-state index contributed by atoms with van der Waals surface area (Å²) in [6, 6.07) is 8.16. The molecule has 158 valence electrons. The average molecular weight is 416 g/mol. The Morgan fingerprint density at radius 1 is 0.900 bits per heavy atom. The summed E-state index contributed by atoms with van der Waals surface area (Å²) < 4.78 is 11.1. The van der Waals surface area contributed by atoms with Crippen LogP contribution in [0, 0.1) is 0 Å². The molecule has 0 radical (unpaired) electrons. The SMILES string of the molecule is C[C@@H]1O[C@H](c2c(O)cc3oc(-c4ccc(O)cc4)cc(=O)c3c2O)[C@@H](O)[C@H](O)[C@@H]1O. The van der Waals surface area contributed by atoms with E-state index in [4.69, 9.17) is 9.15 Å². The third-order valence-corrected chi connectivity index (χ3v) is 5.30. The molecule has 3 aromatic rings. The van der Waals surface area contributed by atoms with E-state index in [0.29, 0.717) is 5.56 Å². The number of ether oxygens (including phenoxy) is 1. The molecule has 1 aliphatic heterocycles. The highest BCUT2D eigenvalue weighted by atomic mass is 16.5. The maximum atomic E-state index is 12.7. The first-order chi connectivity index (χ1) is 14.2. The molecule has 0 spiro atoms. The molecule has 6 N–H and O–H groups in total. The van der Waals surface area contributed by atoms with Crippen molar-refractivity contribution < 1.29 is 39.8 Å². The van der Waals surface area contributed by atoms with Crippen LogP contribution in [0.25, 0.3) is 22.3 Å². The quantitative estimate of drug-likeness (QED) is 0.360. The number of fused-ring (bicyclic) bond motifs is 1. The van der Waals surface area contributed by atoms with E-state index in [2.05, 4.69) is 0 Å². The Hall–Kier alpha value is -3.11. The summed E-state index contributed by atoms with van der Waals surface area (Å²) in [4.78, 5) is 12.7. The lowest BCUT2D eigenvalue weighted by molar-refractivity contribution is -0.220. The van der Waals surface area contributed by atoms with Gasteiger partial charge in [-0.15, -0.1) is 0 Å². The minimum Gasteiger partial charge on any atom is -0.508 e. The van der Waals surface area contributed by atoms with Crippen LogP contribution in [0.4, 0.5) is 0 Å². The Bertz CT molecular complexity index is 1150. The molecule has 5 atom stereocenters. The molecule has 0 bridgehead atoms. The summed E-state index contributed by atoms with van der Waals surface area (Å²) in [7, 11) is 0. The van der Waals surface area contributed by atoms with Gasteiger partial charge in [0.05, 0.1) is 11.7 Å². The minimum absolute atomic E-state index is 0.0365. The van der Waals surface area contributed by atoms with Crippen LogP contribution in [0.15, 0.2) is 45.6 Å². The highest BCUT2D eigenvalue weighted by Crippen LogP contribution is 2.44. The highest BCUT2D eigenvalue weighted by Gasteiger charge is 2.44. The second kappa shape index (κ2) is 7.29. The topological polar surface area (TPSA) is 161 Å². The molecular weight excluding hydrogens is 396 g/mol. The standard InChI is InChI=1S/C21H20O9/c1-8-17(25)19(27)20(28)21(29-8)16-12(24)7-14-15(18(16)26)11(23)6-13(30-14)9-2-4-10(22)5-3-9/h2-8,17,19-22,24-28H,1H3/t8-,17+,19+,20-,21+/m0/s1. The normalized spacial score (nSPS) is 26.7. The largest absolute Gasteiger partial charge is 0.508 e. The van der Waals surface area contributed by atoms with E-state index in [1.165, 1.54) is 31.2 Å². The predicted molar refractivity (Wildman–Crippen MR) is 104 cm³/mol. The van der Waals surface area contributed by atoms with Crippen molar-refractivity contribution in [2.45, 2.75) is 37.4 Å². The van der Waals surface area contributed by atoms with Crippen molar-refractivity contribution in [1.29, 1.82) is 0 Å². The zero-order valence-electron chi connectivity index (χ0n) is 15.8. The smallest absolute Gasteiger partial charge is 0.197 e. The van der Waals surface area contributed by atoms with E-state index >= 15 is 0 Å². The van der Waals surface area contributed by atoms with Gasteiger partial charge < -0.3 is 39.8 Å². The minimum atomic E-state index is -1.66. The van der Waals surface area contributed by atoms with Gasteiger partial charge in [-0.3, -0.25) is 4.79 Å². The molecule has 2 aromatic carbocycles. The second-order valence-corrected chi connectivity index (χ2v) is 7.29. The molecule has 0 aliphatic carbocycles. The lowest BCUT2D eigenvalue weighted by Gasteiger charge is -2.39. The Morgan fingerprint density at radius 3 is 2.23 bits per heavy atom. The predicted octanol–water partition coefficient (Wildman–Crippen LogP) is 1.12. The Labute approximate surface area is 169 Å². The number of hydrogen-bond donors (Lipinski definition) is 6. The molecule has 1 fully saturated rings. The van der Waals surface area contributed by atoms with Crippen LogP contribution in [0.5, 0.6) is 17.2 Å². The van der Waals surface area contributed by atoms with Crippen LogP contribution >= 0.6 is 0 Å². The van der Waals surface area contributed by atoms with E-state index in [9.17, 15) is 35.4 Å². The van der Waals surface area contributed by atoms with E-state index < -0.39 is 47.4 Å². The fourth-order valence-corrected chi connectivity index (χ4v) is 3.64. The van der Waals surface area contributed by atoms with Gasteiger partial charge in [0.15, 0.2) is 5.43 Å². The number of phenols is 3. The number of hydrogen-bond acceptors (Lipinski definition) is 9. The fraction of sp³-hybridized carbons (Fsp3) is 0.286. The van der Waals surface area contributed by atoms with Crippen LogP contribution in [-0.4, -0.2) is 55.1 Å². The van der Waals surface area contributed by atoms with Gasteiger partial charge in [-0.1, -0.05) is 0 Å². The fourth-order valence-electron chi connectivity index (χ4n) is 3.64. The summed E-state index contributed by atoms with van der Waals surface area (Å²) in [5, 5.41) is 60.6. The first-order valence-electron chi connectivity index (χ1n) is 9.20. The molecule has 0 amide bonds. The third kappa shape index (κ3) is 3.17. The second-order valence-electron chi connectivity index (χ2n) is 7.29. The van der Waals surface area contributed by atoms with Gasteiger partial charge in [-0.2, -0.15) is 0 Å². The van der Waals surface area contributed by atoms with Crippen molar-refractivity contribution >= 4 is 11.0 Å². The van der Waals surface area contributed by atoms with Crippen molar-refractivity contribution in [3.8, 4) is 28.6 Å². The zero-order valence-corrected chi connectivity index (χ0v) is 15.8. The average Bonchev–Trinajstić information content (AvgIpc) is 2.70. The number of rotatable bonds is 2. The molecule has 0 unspecified atom stereocenters. The molecule has 1 aromatic heterocycles. The number of aromatic hydroxyl groups is 3. The number of aliphatic hydroxyl groups excluding tert-OH is 3. The van der Waals surface area contributed by atoms with Crippen LogP contribution in [0.2, 0.25) is 0 Å². The number of aliphatic hydroxyl groups is 3. The van der Waals surface area contributed by atoms with Crippen LogP contribution in [0.3, 0.4) is 0 Å². The molecule has 0 saturated carbocycles. The van der Waals surface area contributed by atoms with Crippen molar-refractivity contribution in [1.82, 2.24) is 0 Å². The molecule has 30 heavy (non-hydrogen) atoms. The first kappa shape index (κ1) is 20.2. The van der Waals surface area contributed by atoms with Crippen molar-refractivity contribution in [3.05, 3.63) is 52.2 Å². The Balaban J connectivity index is 1.86. The number of phenolic OH excluding ortho intramolecular Hbond substituents is 3. The van der Waals surface area contributed by atoms with Gasteiger partial charge in [0.1, 0.15) is 58.4 Å². The summed E-state index contributed by atoms with van der Waals surface area (Å²) in [6.07, 6.45) is -6.90. The molecule has 9 heteroatoms. The van der Waals surface area contributed by atoms with Crippen molar-refractivity contribution in [2.24, 2.45) is 0 Å². The van der Waals surface area contributed by atoms with Crippen molar-refractivity contribution in [3.63, 3.8) is 0 Å². The van der Waals surface area contributed by atoms with E-state index in [1.807, 2.05) is 0 Å². The van der Waals surface area contributed by atoms with Gasteiger partial charge in [-0.05, 0) is 31.2 Å². The van der Waals surface area contributed by atoms with Crippen LogP contribution < -0.4 is 5.43 Å². The van der Waals surface area contributed by atoms with Crippen LogP contribution in [-0.2, 0) is 4.74 Å². The molecule has 4 rings (SSSR count). The van der Waals surface area contributed by atoms with Crippen molar-refractivity contribution in [2.75, 3.05) is 0 Å². The molecular formula is C21H20O9. The summed E-state index contributed by atoms with van der Waals surface area (Å²) >= 11 is 0. The van der Waals surface area contributed by atoms with E-state index in [1.54, 1.807) is 0 Å². The Morgan fingerprint density at radius 2 is 1.57 bits per heavy atom. The van der Waals surface area contributed by atoms with Gasteiger partial charge in [-0.25, -0.2) is 0 Å². The van der Waals surface area contributed by atoms with Gasteiger partial charge >= 0.3 is 0 Å². The molecule has 2 heterocycles. The summed E-state index contributed by atoms with van der Waals surface area (Å²) in [5.41, 5.74) is -0.524. The molecule has 9 nitrogen and oxygen atoms in total. The van der Waals surface area contributed by atoms with Gasteiger partial charge in [0.25, 0.3) is 0 Å². The monoisotopic (exact) mass is 416 g/mol. The number of benzene rings is 2. The summed E-state index contributed by atoms with van der Waals surface area (Å²) in [5.74, 6) is -0.990. The zero-order chi connectivity index (χ0) is 21.7. The van der Waals surface area contributed by atoms with E-state index in [-0.39, 0.29) is 28.0 Å². The maximum absolute atomic E-state index is 12.7. The Kier molecular flexibility index (Phi) is 4.91. The molecule has 1 saturated heterocycles. The van der Waals surface area contributed by atoms with Gasteiger partial charge in [0.2, 0.25) is 0 Å². The first-order valence-corrected chi connectivity index (χ1v) is 9.20. The van der Waals surface area contributed by atoms with Gasteiger partial charge in [0, 0.05) is 17.7 Å². The third-order valence-electron chi connectivity index (χ3n) is 5.30. The maximum Gasteiger partial charge on any atom is 0.197 e. The highest BCUT2D eigenvalue weighted by molar-refractivity contribution is 5.88. The summed E-state index contributed by atoms with van der Waals surface area (Å²) in [6.45, 7) is 1.46. The van der Waals surface area contributed by atoms with E-state index in [0.717, 1.165) is 12.1 Å². The molecule has 1 aliphatic rings. The lowest BCUT2D eigenvalue weighted by Crippen LogP contribution is -2.53.